The molecule has 0 atom stereocenters. The lowest BCUT2D eigenvalue weighted by Crippen LogP contribution is -2.17. The van der Waals surface area contributed by atoms with Crippen LogP contribution in [-0.2, 0) is 4.74 Å². The smallest absolute Gasteiger partial charge is 0.261 e. The van der Waals surface area contributed by atoms with Gasteiger partial charge in [0.05, 0.1) is 6.10 Å². The highest BCUT2D eigenvalue weighted by atomic mass is 35.5. The van der Waals surface area contributed by atoms with Gasteiger partial charge in [-0.25, -0.2) is 0 Å². The molecule has 0 saturated carbocycles. The maximum absolute atomic E-state index is 5.81. The molecule has 1 rings (SSSR count). The SMILES string of the molecule is CC(C)OC(=S)Nc1cccc(Cl)c1. The van der Waals surface area contributed by atoms with Gasteiger partial charge >= 0.3 is 0 Å². The van der Waals surface area contributed by atoms with Crippen molar-refractivity contribution < 1.29 is 4.74 Å². The predicted octanol–water partition coefficient (Wildman–Crippen LogP) is 3.46. The summed E-state index contributed by atoms with van der Waals surface area (Å²) in [6.07, 6.45) is 0.0779. The predicted molar refractivity (Wildman–Crippen MR) is 63.9 cm³/mol. The largest absolute Gasteiger partial charge is 0.468 e. The molecule has 0 amide bonds. The number of hydrogen-bond donors (Lipinski definition) is 1. The van der Waals surface area contributed by atoms with E-state index in [-0.39, 0.29) is 6.10 Å². The Kier molecular flexibility index (Phi) is 4.17. The van der Waals surface area contributed by atoms with Gasteiger partial charge in [0, 0.05) is 10.7 Å². The van der Waals surface area contributed by atoms with E-state index in [0.29, 0.717) is 10.2 Å². The molecule has 0 aliphatic carbocycles. The highest BCUT2D eigenvalue weighted by Gasteiger charge is 2.01. The second-order valence-corrected chi connectivity index (χ2v) is 3.90. The standard InChI is InChI=1S/C10H12ClNOS/c1-7(2)13-10(14)12-9-5-3-4-8(11)6-9/h3-7H,1-2H3,(H,12,14). The maximum atomic E-state index is 5.81. The zero-order valence-electron chi connectivity index (χ0n) is 8.08. The van der Waals surface area contributed by atoms with Crippen LogP contribution in [0.4, 0.5) is 5.69 Å². The monoisotopic (exact) mass is 229 g/mol. The fourth-order valence-electron chi connectivity index (χ4n) is 0.928. The van der Waals surface area contributed by atoms with Gasteiger partial charge in [-0.15, -0.1) is 0 Å². The van der Waals surface area contributed by atoms with Crippen LogP contribution in [0.1, 0.15) is 13.8 Å². The molecule has 0 fully saturated rings. The second-order valence-electron chi connectivity index (χ2n) is 3.09. The third-order valence-electron chi connectivity index (χ3n) is 1.41. The first-order valence-electron chi connectivity index (χ1n) is 4.31. The summed E-state index contributed by atoms with van der Waals surface area (Å²) >= 11 is 10.8. The summed E-state index contributed by atoms with van der Waals surface area (Å²) in [5, 5.41) is 3.97. The molecule has 0 aliphatic heterocycles. The van der Waals surface area contributed by atoms with Gasteiger partial charge in [0.15, 0.2) is 0 Å². The van der Waals surface area contributed by atoms with Crippen molar-refractivity contribution in [2.24, 2.45) is 0 Å². The lowest BCUT2D eigenvalue weighted by molar-refractivity contribution is 0.235. The van der Waals surface area contributed by atoms with Crippen LogP contribution in [-0.4, -0.2) is 11.3 Å². The first kappa shape index (κ1) is 11.3. The van der Waals surface area contributed by atoms with E-state index >= 15 is 0 Å². The minimum absolute atomic E-state index is 0.0779. The van der Waals surface area contributed by atoms with Crippen molar-refractivity contribution in [1.29, 1.82) is 0 Å². The Bertz CT molecular complexity index is 328. The molecule has 1 aromatic rings. The number of rotatable bonds is 2. The minimum Gasteiger partial charge on any atom is -0.468 e. The number of halogens is 1. The first-order valence-corrected chi connectivity index (χ1v) is 5.10. The number of nitrogens with one attached hydrogen (secondary N) is 1. The third-order valence-corrected chi connectivity index (χ3v) is 1.85. The van der Waals surface area contributed by atoms with Crippen molar-refractivity contribution in [3.05, 3.63) is 29.3 Å². The molecule has 1 aromatic carbocycles. The number of hydrogen-bond acceptors (Lipinski definition) is 2. The van der Waals surface area contributed by atoms with Gasteiger partial charge in [-0.1, -0.05) is 17.7 Å². The highest BCUT2D eigenvalue weighted by molar-refractivity contribution is 7.80. The van der Waals surface area contributed by atoms with E-state index in [1.165, 1.54) is 0 Å². The molecular formula is C10H12ClNOS. The molecule has 1 N–H and O–H groups in total. The Morgan fingerprint density at radius 1 is 1.50 bits per heavy atom. The van der Waals surface area contributed by atoms with Crippen LogP contribution in [0.25, 0.3) is 0 Å². The summed E-state index contributed by atoms with van der Waals surface area (Å²) in [7, 11) is 0. The summed E-state index contributed by atoms with van der Waals surface area (Å²) < 4.78 is 5.27. The van der Waals surface area contributed by atoms with Crippen molar-refractivity contribution in [3.8, 4) is 0 Å². The van der Waals surface area contributed by atoms with Gasteiger partial charge in [-0.2, -0.15) is 0 Å². The summed E-state index contributed by atoms with van der Waals surface area (Å²) in [6, 6.07) is 7.32. The molecule has 0 radical (unpaired) electrons. The number of ether oxygens (including phenoxy) is 1. The van der Waals surface area contributed by atoms with Crippen molar-refractivity contribution in [2.45, 2.75) is 20.0 Å². The zero-order valence-corrected chi connectivity index (χ0v) is 9.65. The van der Waals surface area contributed by atoms with Crippen LogP contribution in [0, 0.1) is 0 Å². The van der Waals surface area contributed by atoms with Gasteiger partial charge < -0.3 is 10.1 Å². The molecule has 0 aromatic heterocycles. The third kappa shape index (κ3) is 3.94. The van der Waals surface area contributed by atoms with E-state index in [9.17, 15) is 0 Å². The van der Waals surface area contributed by atoms with E-state index in [2.05, 4.69) is 5.32 Å². The van der Waals surface area contributed by atoms with Gasteiger partial charge in [-0.05, 0) is 44.3 Å². The molecule has 4 heteroatoms. The number of thiocarbonyl (C=S) groups is 1. The summed E-state index contributed by atoms with van der Waals surface area (Å²) in [5.74, 6) is 0. The summed E-state index contributed by atoms with van der Waals surface area (Å²) in [6.45, 7) is 3.85. The Labute approximate surface area is 94.2 Å². The van der Waals surface area contributed by atoms with Crippen LogP contribution < -0.4 is 5.32 Å². The van der Waals surface area contributed by atoms with Crippen molar-refractivity contribution >= 4 is 34.7 Å². The molecule has 14 heavy (non-hydrogen) atoms. The van der Waals surface area contributed by atoms with E-state index in [1.54, 1.807) is 12.1 Å². The normalized spacial score (nSPS) is 10.0. The second kappa shape index (κ2) is 5.17. The molecule has 76 valence electrons. The Hall–Kier alpha value is -0.800. The first-order chi connectivity index (χ1) is 6.58. The van der Waals surface area contributed by atoms with Crippen molar-refractivity contribution in [3.63, 3.8) is 0 Å². The molecule has 0 spiro atoms. The molecule has 0 unspecified atom stereocenters. The van der Waals surface area contributed by atoms with Gasteiger partial charge in [0.25, 0.3) is 5.17 Å². The quantitative estimate of drug-likeness (QED) is 0.785. The van der Waals surface area contributed by atoms with Crippen LogP contribution >= 0.6 is 23.8 Å². The van der Waals surface area contributed by atoms with Gasteiger partial charge in [0.2, 0.25) is 0 Å². The highest BCUT2D eigenvalue weighted by Crippen LogP contribution is 2.15. The van der Waals surface area contributed by atoms with Crippen LogP contribution in [0.3, 0.4) is 0 Å². The molecule has 2 nitrogen and oxygen atoms in total. The average Bonchev–Trinajstić information content (AvgIpc) is 2.01. The summed E-state index contributed by atoms with van der Waals surface area (Å²) in [4.78, 5) is 0. The van der Waals surface area contributed by atoms with E-state index < -0.39 is 0 Å². The van der Waals surface area contributed by atoms with Crippen molar-refractivity contribution in [2.75, 3.05) is 5.32 Å². The lowest BCUT2D eigenvalue weighted by Gasteiger charge is -2.12. The van der Waals surface area contributed by atoms with Gasteiger partial charge in [0.1, 0.15) is 0 Å². The van der Waals surface area contributed by atoms with Crippen molar-refractivity contribution in [1.82, 2.24) is 0 Å². The fraction of sp³-hybridized carbons (Fsp3) is 0.300. The fourth-order valence-corrected chi connectivity index (χ4v) is 1.43. The molecule has 0 saturated heterocycles. The van der Waals surface area contributed by atoms with Crippen LogP contribution in [0.5, 0.6) is 0 Å². The molecular weight excluding hydrogens is 218 g/mol. The summed E-state index contributed by atoms with van der Waals surface area (Å²) in [5.41, 5.74) is 0.836. The maximum Gasteiger partial charge on any atom is 0.261 e. The lowest BCUT2D eigenvalue weighted by atomic mass is 10.3. The van der Waals surface area contributed by atoms with E-state index in [4.69, 9.17) is 28.6 Å². The topological polar surface area (TPSA) is 21.3 Å². The average molecular weight is 230 g/mol. The number of anilines is 1. The Morgan fingerprint density at radius 2 is 2.21 bits per heavy atom. The Morgan fingerprint density at radius 3 is 2.79 bits per heavy atom. The molecule has 0 aliphatic rings. The number of benzene rings is 1. The van der Waals surface area contributed by atoms with Gasteiger partial charge in [-0.3, -0.25) is 0 Å². The minimum atomic E-state index is 0.0779. The molecule has 0 bridgehead atoms. The van der Waals surface area contributed by atoms with E-state index in [1.807, 2.05) is 26.0 Å². The zero-order chi connectivity index (χ0) is 10.6. The van der Waals surface area contributed by atoms with Crippen LogP contribution in [0.2, 0.25) is 5.02 Å². The van der Waals surface area contributed by atoms with Crippen LogP contribution in [0.15, 0.2) is 24.3 Å². The molecule has 0 heterocycles. The van der Waals surface area contributed by atoms with E-state index in [0.717, 1.165) is 5.69 Å². The Balaban J connectivity index is 2.56.